The lowest BCUT2D eigenvalue weighted by Gasteiger charge is -2.25. The largest absolute Gasteiger partial charge is 0.497 e. The van der Waals surface area contributed by atoms with Crippen molar-refractivity contribution >= 4 is 38.2 Å². The van der Waals surface area contributed by atoms with Crippen LogP contribution in [0.25, 0.3) is 0 Å². The molecule has 2 amide bonds. The number of ether oxygens (including phenoxy) is 1. The second kappa shape index (κ2) is 9.27. The molecule has 1 aliphatic heterocycles. The molecule has 3 aromatic rings. The van der Waals surface area contributed by atoms with E-state index in [-0.39, 0.29) is 17.5 Å². The summed E-state index contributed by atoms with van der Waals surface area (Å²) in [5.41, 5.74) is 2.62. The number of nitrogens with zero attached hydrogens (tertiary/aromatic N) is 2. The topological polar surface area (TPSA) is 101 Å². The van der Waals surface area contributed by atoms with E-state index in [9.17, 15) is 13.2 Å². The van der Waals surface area contributed by atoms with Gasteiger partial charge in [0.2, 0.25) is 10.0 Å². The Morgan fingerprint density at radius 2 is 1.91 bits per heavy atom. The minimum atomic E-state index is -3.63. The van der Waals surface area contributed by atoms with Gasteiger partial charge in [-0.3, -0.25) is 5.32 Å². The zero-order valence-corrected chi connectivity index (χ0v) is 19.4. The molecular formula is C22H24N4O4S2. The van der Waals surface area contributed by atoms with Gasteiger partial charge in [0, 0.05) is 23.5 Å². The Hall–Kier alpha value is -2.95. The van der Waals surface area contributed by atoms with E-state index in [1.165, 1.54) is 22.8 Å². The Morgan fingerprint density at radius 3 is 2.62 bits per heavy atom. The van der Waals surface area contributed by atoms with Gasteiger partial charge in [0.05, 0.1) is 24.2 Å². The van der Waals surface area contributed by atoms with Gasteiger partial charge in [-0.05, 0) is 42.3 Å². The Kier molecular flexibility index (Phi) is 6.45. The number of nitrogens with one attached hydrogen (secondary N) is 2. The summed E-state index contributed by atoms with van der Waals surface area (Å²) >= 11 is 1.30. The predicted molar refractivity (Wildman–Crippen MR) is 125 cm³/mol. The Bertz CT molecular complexity index is 1220. The number of rotatable bonds is 6. The zero-order chi connectivity index (χ0) is 22.7. The number of benzene rings is 2. The summed E-state index contributed by atoms with van der Waals surface area (Å²) in [6.07, 6.45) is 1.30. The van der Waals surface area contributed by atoms with Crippen LogP contribution >= 0.6 is 11.3 Å². The summed E-state index contributed by atoms with van der Waals surface area (Å²) in [6.45, 7) is 2.59. The molecule has 2 N–H and O–H groups in total. The van der Waals surface area contributed by atoms with E-state index in [0.29, 0.717) is 23.8 Å². The van der Waals surface area contributed by atoms with Crippen molar-refractivity contribution in [3.63, 3.8) is 0 Å². The van der Waals surface area contributed by atoms with Crippen LogP contribution in [-0.4, -0.2) is 37.4 Å². The van der Waals surface area contributed by atoms with Gasteiger partial charge in [0.1, 0.15) is 5.75 Å². The zero-order valence-electron chi connectivity index (χ0n) is 17.8. The Balaban J connectivity index is 1.45. The van der Waals surface area contributed by atoms with Crippen molar-refractivity contribution in [1.29, 1.82) is 0 Å². The van der Waals surface area contributed by atoms with Crippen molar-refractivity contribution in [1.82, 2.24) is 9.29 Å². The summed E-state index contributed by atoms with van der Waals surface area (Å²) in [5.74, 6) is 0.600. The maximum atomic E-state index is 13.0. The predicted octanol–water partition coefficient (Wildman–Crippen LogP) is 4.11. The third-order valence-corrected chi connectivity index (χ3v) is 8.12. The number of sulfonamides is 1. The molecule has 0 aliphatic carbocycles. The van der Waals surface area contributed by atoms with Crippen molar-refractivity contribution in [2.45, 2.75) is 31.2 Å². The maximum Gasteiger partial charge on any atom is 0.325 e. The Labute approximate surface area is 191 Å². The highest BCUT2D eigenvalue weighted by atomic mass is 32.2. The molecule has 0 saturated heterocycles. The van der Waals surface area contributed by atoms with E-state index < -0.39 is 10.0 Å². The number of urea groups is 1. The molecule has 0 atom stereocenters. The highest BCUT2D eigenvalue weighted by Gasteiger charge is 2.30. The van der Waals surface area contributed by atoms with Crippen molar-refractivity contribution in [2.24, 2.45) is 0 Å². The maximum absolute atomic E-state index is 13.0. The molecule has 0 fully saturated rings. The van der Waals surface area contributed by atoms with Crippen LogP contribution in [0.5, 0.6) is 5.75 Å². The molecule has 1 aliphatic rings. The third-order valence-electron chi connectivity index (χ3n) is 5.26. The van der Waals surface area contributed by atoms with Gasteiger partial charge < -0.3 is 10.1 Å². The molecule has 10 heteroatoms. The van der Waals surface area contributed by atoms with Crippen LogP contribution in [-0.2, 0) is 29.4 Å². The number of amides is 2. The minimum Gasteiger partial charge on any atom is -0.497 e. The van der Waals surface area contributed by atoms with Gasteiger partial charge in [-0.15, -0.1) is 0 Å². The molecule has 0 unspecified atom stereocenters. The second-order valence-corrected chi connectivity index (χ2v) is 10.3. The molecular weight excluding hydrogens is 448 g/mol. The van der Waals surface area contributed by atoms with E-state index in [4.69, 9.17) is 4.74 Å². The van der Waals surface area contributed by atoms with Crippen LogP contribution in [0.2, 0.25) is 0 Å². The number of anilines is 2. The normalized spacial score (nSPS) is 13.9. The summed E-state index contributed by atoms with van der Waals surface area (Å²) in [7, 11) is -2.10. The molecule has 1 aromatic heterocycles. The van der Waals surface area contributed by atoms with Crippen LogP contribution < -0.4 is 15.4 Å². The lowest BCUT2D eigenvalue weighted by Crippen LogP contribution is -2.35. The number of thiazole rings is 1. The van der Waals surface area contributed by atoms with Crippen LogP contribution in [0.1, 0.15) is 23.1 Å². The van der Waals surface area contributed by atoms with Gasteiger partial charge in [-0.2, -0.15) is 4.31 Å². The van der Waals surface area contributed by atoms with E-state index in [1.807, 2.05) is 31.2 Å². The first kappa shape index (κ1) is 22.3. The molecule has 0 spiro atoms. The molecule has 0 bridgehead atoms. The standard InChI is InChI=1S/C22H24N4O4S2/c1-3-15-6-4-5-7-18(15)23-21(27)25-22-24-19-12-13-26(14-20(19)31-22)32(28,29)17-10-8-16(30-2)9-11-17/h4-11H,3,12-14H2,1-2H3,(H2,23,24,25,27). The molecule has 0 radical (unpaired) electrons. The monoisotopic (exact) mass is 472 g/mol. The lowest BCUT2D eigenvalue weighted by atomic mass is 10.1. The van der Waals surface area contributed by atoms with E-state index in [0.717, 1.165) is 28.2 Å². The number of aryl methyl sites for hydroxylation is 1. The number of carbonyl (C=O) groups excluding carboxylic acids is 1. The molecule has 4 rings (SSSR count). The van der Waals surface area contributed by atoms with Crippen molar-refractivity contribution < 1.29 is 17.9 Å². The fourth-order valence-corrected chi connectivity index (χ4v) is 6.04. The van der Waals surface area contributed by atoms with Crippen LogP contribution in [0.15, 0.2) is 53.4 Å². The average molecular weight is 473 g/mol. The minimum absolute atomic E-state index is 0.221. The molecule has 32 heavy (non-hydrogen) atoms. The number of aromatic nitrogens is 1. The smallest absolute Gasteiger partial charge is 0.325 e. The summed E-state index contributed by atoms with van der Waals surface area (Å²) in [4.78, 5) is 18.0. The van der Waals surface area contributed by atoms with Crippen molar-refractivity contribution in [3.8, 4) is 5.75 Å². The van der Waals surface area contributed by atoms with Crippen LogP contribution in [0, 0.1) is 0 Å². The molecule has 8 nitrogen and oxygen atoms in total. The van der Waals surface area contributed by atoms with Gasteiger partial charge in [-0.1, -0.05) is 36.5 Å². The number of hydrogen-bond acceptors (Lipinski definition) is 6. The molecule has 0 saturated carbocycles. The van der Waals surface area contributed by atoms with Crippen molar-refractivity contribution in [2.75, 3.05) is 24.3 Å². The first-order valence-electron chi connectivity index (χ1n) is 10.2. The second-order valence-electron chi connectivity index (χ2n) is 7.24. The molecule has 168 valence electrons. The SMILES string of the molecule is CCc1ccccc1NC(=O)Nc1nc2c(s1)CN(S(=O)(=O)c1ccc(OC)cc1)CC2. The molecule has 2 aromatic carbocycles. The third kappa shape index (κ3) is 4.62. The van der Waals surface area contributed by atoms with E-state index in [2.05, 4.69) is 15.6 Å². The first-order chi connectivity index (χ1) is 15.4. The Morgan fingerprint density at radius 1 is 1.16 bits per heavy atom. The number of fused-ring (bicyclic) bond motifs is 1. The van der Waals surface area contributed by atoms with Crippen LogP contribution in [0.3, 0.4) is 0 Å². The first-order valence-corrected chi connectivity index (χ1v) is 12.4. The average Bonchev–Trinajstić information content (AvgIpc) is 3.20. The van der Waals surface area contributed by atoms with Crippen LogP contribution in [0.4, 0.5) is 15.6 Å². The summed E-state index contributed by atoms with van der Waals surface area (Å²) < 4.78 is 32.6. The van der Waals surface area contributed by atoms with E-state index in [1.54, 1.807) is 24.3 Å². The fourth-order valence-electron chi connectivity index (χ4n) is 3.53. The number of hydrogen-bond donors (Lipinski definition) is 2. The highest BCUT2D eigenvalue weighted by molar-refractivity contribution is 7.89. The molecule has 2 heterocycles. The van der Waals surface area contributed by atoms with Gasteiger partial charge in [0.15, 0.2) is 5.13 Å². The highest BCUT2D eigenvalue weighted by Crippen LogP contribution is 2.31. The number of methoxy groups -OCH3 is 1. The number of carbonyl (C=O) groups is 1. The fraction of sp³-hybridized carbons (Fsp3) is 0.273. The van der Waals surface area contributed by atoms with Gasteiger partial charge >= 0.3 is 6.03 Å². The van der Waals surface area contributed by atoms with Gasteiger partial charge in [-0.25, -0.2) is 18.2 Å². The van der Waals surface area contributed by atoms with Crippen molar-refractivity contribution in [3.05, 3.63) is 64.7 Å². The number of para-hydroxylation sites is 1. The van der Waals surface area contributed by atoms with E-state index >= 15 is 0 Å². The summed E-state index contributed by atoms with van der Waals surface area (Å²) in [6, 6.07) is 13.6. The quantitative estimate of drug-likeness (QED) is 0.562. The van der Waals surface area contributed by atoms with Gasteiger partial charge in [0.25, 0.3) is 0 Å². The summed E-state index contributed by atoms with van der Waals surface area (Å²) in [5, 5.41) is 6.08. The lowest BCUT2D eigenvalue weighted by molar-refractivity contribution is 0.262.